The van der Waals surface area contributed by atoms with Gasteiger partial charge in [0.05, 0.1) is 6.61 Å². The van der Waals surface area contributed by atoms with Crippen molar-refractivity contribution < 1.29 is 4.74 Å². The summed E-state index contributed by atoms with van der Waals surface area (Å²) in [6.07, 6.45) is 0.798. The normalized spacial score (nSPS) is 20.5. The molecule has 1 fully saturated rings. The maximum atomic E-state index is 5.80. The lowest BCUT2D eigenvalue weighted by molar-refractivity contribution is -0.0326. The number of aromatic nitrogens is 2. The second-order valence-electron chi connectivity index (χ2n) is 4.75. The number of likely N-dealkylation sites (N-methyl/N-ethyl adjacent to an activating group) is 1. The minimum atomic E-state index is -0.0632. The van der Waals surface area contributed by atoms with Gasteiger partial charge in [0.2, 0.25) is 0 Å². The number of nitrogens with one attached hydrogen (secondary N) is 1. The van der Waals surface area contributed by atoms with E-state index < -0.39 is 0 Å². The van der Waals surface area contributed by atoms with Gasteiger partial charge in [-0.1, -0.05) is 13.8 Å². The van der Waals surface area contributed by atoms with Gasteiger partial charge in [-0.05, 0) is 19.9 Å². The summed E-state index contributed by atoms with van der Waals surface area (Å²) in [6.45, 7) is 9.78. The van der Waals surface area contributed by atoms with E-state index in [1.54, 1.807) is 0 Å². The van der Waals surface area contributed by atoms with Crippen LogP contribution in [0, 0.1) is 6.92 Å². The number of nitrogens with zero attached hydrogens (tertiary/aromatic N) is 3. The fraction of sp³-hybridized carbons (Fsp3) is 0.692. The van der Waals surface area contributed by atoms with Crippen molar-refractivity contribution in [3.05, 3.63) is 17.1 Å². The van der Waals surface area contributed by atoms with E-state index in [0.717, 1.165) is 49.7 Å². The van der Waals surface area contributed by atoms with Crippen LogP contribution in [-0.4, -0.2) is 41.1 Å². The van der Waals surface area contributed by atoms with E-state index in [1.807, 2.05) is 6.92 Å². The Bertz CT molecular complexity index is 412. The van der Waals surface area contributed by atoms with Gasteiger partial charge in [0.1, 0.15) is 11.9 Å². The number of hydrogen-bond acceptors (Lipinski definition) is 6. The minimum Gasteiger partial charge on any atom is -0.368 e. The fourth-order valence-electron chi connectivity index (χ4n) is 2.36. The second kappa shape index (κ2) is 6.27. The summed E-state index contributed by atoms with van der Waals surface area (Å²) in [4.78, 5) is 11.5. The summed E-state index contributed by atoms with van der Waals surface area (Å²) >= 11 is 0. The Hall–Kier alpha value is -1.24. The van der Waals surface area contributed by atoms with Gasteiger partial charge in [0.15, 0.2) is 5.82 Å². The van der Waals surface area contributed by atoms with E-state index in [1.165, 1.54) is 0 Å². The average Bonchev–Trinajstić information content (AvgIpc) is 2.47. The van der Waals surface area contributed by atoms with Crippen LogP contribution in [0.25, 0.3) is 0 Å². The van der Waals surface area contributed by atoms with Crippen LogP contribution in [-0.2, 0) is 11.2 Å². The van der Waals surface area contributed by atoms with Crippen molar-refractivity contribution in [1.29, 1.82) is 0 Å². The number of nitrogens with two attached hydrogens (primary N) is 1. The maximum absolute atomic E-state index is 5.80. The molecule has 1 aromatic heterocycles. The zero-order valence-corrected chi connectivity index (χ0v) is 11.9. The molecule has 0 radical (unpaired) electrons. The van der Waals surface area contributed by atoms with Crippen molar-refractivity contribution in [3.63, 3.8) is 0 Å². The Labute approximate surface area is 114 Å². The molecule has 1 aliphatic rings. The third-order valence-electron chi connectivity index (χ3n) is 3.62. The maximum Gasteiger partial charge on any atom is 0.161 e. The lowest BCUT2D eigenvalue weighted by atomic mass is 10.1. The topological polar surface area (TPSA) is 76.3 Å². The number of aryl methyl sites for hydroxylation is 1. The first-order valence-electron chi connectivity index (χ1n) is 6.87. The molecule has 1 atom stereocenters. The number of rotatable bonds is 4. The number of nitrogen functional groups attached to an aromatic ring is 1. The van der Waals surface area contributed by atoms with Crippen LogP contribution in [0.4, 0.5) is 5.82 Å². The van der Waals surface area contributed by atoms with Crippen molar-refractivity contribution in [2.24, 2.45) is 5.84 Å². The molecule has 0 aliphatic carbocycles. The molecule has 1 saturated heterocycles. The SMILES string of the molecule is CCc1nc(C2CN(CC)CCO2)nc(NN)c1C. The quantitative estimate of drug-likeness (QED) is 0.625. The summed E-state index contributed by atoms with van der Waals surface area (Å²) in [5.74, 6) is 6.96. The van der Waals surface area contributed by atoms with Crippen molar-refractivity contribution >= 4 is 5.82 Å². The standard InChI is InChI=1S/C13H23N5O/c1-4-10-9(3)12(17-14)16-13(15-10)11-8-18(5-2)6-7-19-11/h11H,4-8,14H2,1-3H3,(H,15,16,17). The van der Waals surface area contributed by atoms with Gasteiger partial charge >= 0.3 is 0 Å². The minimum absolute atomic E-state index is 0.0632. The molecular weight excluding hydrogens is 242 g/mol. The van der Waals surface area contributed by atoms with E-state index in [0.29, 0.717) is 5.82 Å². The largest absolute Gasteiger partial charge is 0.368 e. The summed E-state index contributed by atoms with van der Waals surface area (Å²) in [6, 6.07) is 0. The Kier molecular flexibility index (Phi) is 4.68. The number of hydrazine groups is 1. The predicted octanol–water partition coefficient (Wildman–Crippen LogP) is 1.03. The van der Waals surface area contributed by atoms with Crippen molar-refractivity contribution in [2.45, 2.75) is 33.3 Å². The van der Waals surface area contributed by atoms with Crippen LogP contribution in [0.15, 0.2) is 0 Å². The summed E-state index contributed by atoms with van der Waals surface area (Å²) in [7, 11) is 0. The van der Waals surface area contributed by atoms with Crippen molar-refractivity contribution in [1.82, 2.24) is 14.9 Å². The molecule has 6 nitrogen and oxygen atoms in total. The number of morpholine rings is 1. The van der Waals surface area contributed by atoms with Gasteiger partial charge in [0, 0.05) is 24.3 Å². The highest BCUT2D eigenvalue weighted by Gasteiger charge is 2.24. The van der Waals surface area contributed by atoms with Gasteiger partial charge in [-0.25, -0.2) is 15.8 Å². The van der Waals surface area contributed by atoms with E-state index >= 15 is 0 Å². The van der Waals surface area contributed by atoms with Gasteiger partial charge in [-0.2, -0.15) is 0 Å². The zero-order chi connectivity index (χ0) is 13.8. The predicted molar refractivity (Wildman–Crippen MR) is 74.8 cm³/mol. The molecule has 0 saturated carbocycles. The Morgan fingerprint density at radius 3 is 2.84 bits per heavy atom. The molecule has 1 aromatic rings. The Morgan fingerprint density at radius 2 is 2.21 bits per heavy atom. The highest BCUT2D eigenvalue weighted by atomic mass is 16.5. The zero-order valence-electron chi connectivity index (χ0n) is 11.9. The fourth-order valence-corrected chi connectivity index (χ4v) is 2.36. The molecule has 2 rings (SSSR count). The molecule has 1 unspecified atom stereocenters. The van der Waals surface area contributed by atoms with Gasteiger partial charge < -0.3 is 10.2 Å². The van der Waals surface area contributed by atoms with Crippen LogP contribution in [0.1, 0.15) is 37.0 Å². The molecule has 0 aromatic carbocycles. The van der Waals surface area contributed by atoms with Crippen LogP contribution in [0.5, 0.6) is 0 Å². The van der Waals surface area contributed by atoms with E-state index in [-0.39, 0.29) is 6.10 Å². The molecule has 0 bridgehead atoms. The lowest BCUT2D eigenvalue weighted by Crippen LogP contribution is -2.38. The number of ether oxygens (including phenoxy) is 1. The van der Waals surface area contributed by atoms with Crippen LogP contribution >= 0.6 is 0 Å². The molecule has 1 aliphatic heterocycles. The first-order chi connectivity index (χ1) is 9.19. The highest BCUT2D eigenvalue weighted by molar-refractivity contribution is 5.44. The molecule has 0 spiro atoms. The van der Waals surface area contributed by atoms with Crippen LogP contribution < -0.4 is 11.3 Å². The first-order valence-corrected chi connectivity index (χ1v) is 6.87. The molecule has 19 heavy (non-hydrogen) atoms. The summed E-state index contributed by atoms with van der Waals surface area (Å²) in [5.41, 5.74) is 4.69. The first kappa shape index (κ1) is 14.2. The van der Waals surface area contributed by atoms with Gasteiger partial charge in [-0.15, -0.1) is 0 Å². The number of hydrogen-bond donors (Lipinski definition) is 2. The molecule has 106 valence electrons. The number of anilines is 1. The molecule has 0 amide bonds. The van der Waals surface area contributed by atoms with Gasteiger partial charge in [-0.3, -0.25) is 4.90 Å². The Balaban J connectivity index is 2.28. The molecule has 3 N–H and O–H groups in total. The monoisotopic (exact) mass is 265 g/mol. The van der Waals surface area contributed by atoms with Crippen molar-refractivity contribution in [3.8, 4) is 0 Å². The van der Waals surface area contributed by atoms with E-state index in [4.69, 9.17) is 10.6 Å². The molecule has 6 heteroatoms. The molecule has 2 heterocycles. The van der Waals surface area contributed by atoms with Crippen molar-refractivity contribution in [2.75, 3.05) is 31.7 Å². The Morgan fingerprint density at radius 1 is 1.42 bits per heavy atom. The van der Waals surface area contributed by atoms with Crippen LogP contribution in [0.3, 0.4) is 0 Å². The highest BCUT2D eigenvalue weighted by Crippen LogP contribution is 2.23. The molecular formula is C13H23N5O. The summed E-state index contributed by atoms with van der Waals surface area (Å²) in [5, 5.41) is 0. The van der Waals surface area contributed by atoms with Crippen LogP contribution in [0.2, 0.25) is 0 Å². The van der Waals surface area contributed by atoms with Gasteiger partial charge in [0.25, 0.3) is 0 Å². The van der Waals surface area contributed by atoms with E-state index in [2.05, 4.69) is 34.1 Å². The lowest BCUT2D eigenvalue weighted by Gasteiger charge is -2.31. The smallest absolute Gasteiger partial charge is 0.161 e. The third kappa shape index (κ3) is 3.02. The average molecular weight is 265 g/mol. The second-order valence-corrected chi connectivity index (χ2v) is 4.75. The van der Waals surface area contributed by atoms with E-state index in [9.17, 15) is 0 Å². The third-order valence-corrected chi connectivity index (χ3v) is 3.62. The summed E-state index contributed by atoms with van der Waals surface area (Å²) < 4.78 is 5.80.